The Morgan fingerprint density at radius 3 is 1.81 bits per heavy atom. The van der Waals surface area contributed by atoms with Crippen LogP contribution in [0, 0.1) is 10.1 Å². The third kappa shape index (κ3) is 6.13. The topological polar surface area (TPSA) is 89.8 Å². The molecule has 1 heterocycles. The first-order valence-electron chi connectivity index (χ1n) is 10.9. The molecule has 0 saturated heterocycles. The maximum absolute atomic E-state index is 12.3. The van der Waals surface area contributed by atoms with Gasteiger partial charge in [0.1, 0.15) is 5.75 Å². The van der Waals surface area contributed by atoms with Crippen LogP contribution >= 0.6 is 0 Å². The minimum atomic E-state index is -0.422. The van der Waals surface area contributed by atoms with Crippen LogP contribution in [0.1, 0.15) is 72.1 Å². The van der Waals surface area contributed by atoms with E-state index in [2.05, 4.69) is 0 Å². The highest BCUT2D eigenvalue weighted by Gasteiger charge is 2.34. The van der Waals surface area contributed by atoms with E-state index in [0.717, 1.165) is 51.4 Å². The lowest BCUT2D eigenvalue weighted by Crippen LogP contribution is -2.30. The number of benzene rings is 2. The predicted molar refractivity (Wildman–Crippen MR) is 117 cm³/mol. The first kappa shape index (κ1) is 22.5. The number of carbonyl (C=O) groups is 2. The molecule has 0 bridgehead atoms. The van der Waals surface area contributed by atoms with E-state index < -0.39 is 4.92 Å². The molecule has 0 unspecified atom stereocenters. The summed E-state index contributed by atoms with van der Waals surface area (Å²) in [5.74, 6) is 0.316. The molecule has 164 valence electrons. The van der Waals surface area contributed by atoms with E-state index in [4.69, 9.17) is 4.74 Å². The van der Waals surface area contributed by atoms with Gasteiger partial charge in [0.25, 0.3) is 17.5 Å². The molecule has 1 aliphatic heterocycles. The maximum atomic E-state index is 12.3. The maximum Gasteiger partial charge on any atom is 0.269 e. The molecule has 0 spiro atoms. The van der Waals surface area contributed by atoms with Crippen LogP contribution in [0.3, 0.4) is 0 Å². The lowest BCUT2D eigenvalue weighted by molar-refractivity contribution is -0.384. The van der Waals surface area contributed by atoms with Crippen molar-refractivity contribution in [1.29, 1.82) is 0 Å². The average Bonchev–Trinajstić information content (AvgIpc) is 3.02. The number of unbranched alkanes of at least 4 members (excludes halogenated alkanes) is 7. The zero-order valence-electron chi connectivity index (χ0n) is 17.6. The van der Waals surface area contributed by atoms with Gasteiger partial charge in [0.2, 0.25) is 0 Å². The van der Waals surface area contributed by atoms with Gasteiger partial charge < -0.3 is 4.74 Å². The fourth-order valence-corrected chi connectivity index (χ4v) is 3.73. The van der Waals surface area contributed by atoms with Crippen molar-refractivity contribution in [3.8, 4) is 5.75 Å². The highest BCUT2D eigenvalue weighted by atomic mass is 16.6. The van der Waals surface area contributed by atoms with Crippen molar-refractivity contribution >= 4 is 17.5 Å². The Morgan fingerprint density at radius 2 is 1.26 bits per heavy atom. The number of hydrogen-bond donors (Lipinski definition) is 0. The van der Waals surface area contributed by atoms with E-state index in [1.54, 1.807) is 36.4 Å². The quantitative estimate of drug-likeness (QED) is 0.186. The number of fused-ring (bicyclic) bond motifs is 1. The number of non-ortho nitro benzene ring substituents is 1. The molecule has 31 heavy (non-hydrogen) atoms. The summed E-state index contributed by atoms with van der Waals surface area (Å²) < 4.78 is 5.61. The molecular weight excluding hydrogens is 396 g/mol. The summed E-state index contributed by atoms with van der Waals surface area (Å²) in [4.78, 5) is 36.2. The summed E-state index contributed by atoms with van der Waals surface area (Å²) in [5.41, 5.74) is 1.10. The normalized spacial score (nSPS) is 12.8. The average molecular weight is 424 g/mol. The van der Waals surface area contributed by atoms with Crippen molar-refractivity contribution in [2.75, 3.05) is 13.2 Å². The van der Waals surface area contributed by atoms with E-state index in [9.17, 15) is 19.7 Å². The van der Waals surface area contributed by atoms with Crippen molar-refractivity contribution < 1.29 is 19.2 Å². The number of nitro benzene ring substituents is 1. The molecule has 2 aromatic rings. The minimum absolute atomic E-state index is 0.0658. The van der Waals surface area contributed by atoms with Crippen molar-refractivity contribution in [1.82, 2.24) is 4.90 Å². The van der Waals surface area contributed by atoms with Crippen molar-refractivity contribution in [2.45, 2.75) is 51.4 Å². The summed E-state index contributed by atoms with van der Waals surface area (Å²) in [7, 11) is 0. The fraction of sp³-hybridized carbons (Fsp3) is 0.417. The number of nitrogens with zero attached hydrogens (tertiary/aromatic N) is 2. The molecule has 0 fully saturated rings. The molecule has 0 radical (unpaired) electrons. The van der Waals surface area contributed by atoms with Crippen LogP contribution in [-0.4, -0.2) is 34.8 Å². The van der Waals surface area contributed by atoms with E-state index >= 15 is 0 Å². The summed E-state index contributed by atoms with van der Waals surface area (Å²) in [6.45, 7) is 1.10. The van der Waals surface area contributed by atoms with Gasteiger partial charge in [-0.25, -0.2) is 0 Å². The highest BCUT2D eigenvalue weighted by molar-refractivity contribution is 6.21. The Labute approximate surface area is 182 Å². The lowest BCUT2D eigenvalue weighted by Gasteiger charge is -2.13. The molecule has 2 amide bonds. The third-order valence-corrected chi connectivity index (χ3v) is 5.47. The molecule has 7 heteroatoms. The van der Waals surface area contributed by atoms with Crippen molar-refractivity contribution in [3.05, 3.63) is 69.8 Å². The molecule has 1 aliphatic rings. The van der Waals surface area contributed by atoms with Crippen molar-refractivity contribution in [2.24, 2.45) is 0 Å². The summed E-state index contributed by atoms with van der Waals surface area (Å²) >= 11 is 0. The Morgan fingerprint density at radius 1 is 0.742 bits per heavy atom. The summed E-state index contributed by atoms with van der Waals surface area (Å²) in [6, 6.07) is 13.2. The second-order valence-electron chi connectivity index (χ2n) is 7.74. The van der Waals surface area contributed by atoms with Crippen LogP contribution in [0.2, 0.25) is 0 Å². The van der Waals surface area contributed by atoms with Gasteiger partial charge in [-0.15, -0.1) is 0 Å². The van der Waals surface area contributed by atoms with Crippen LogP contribution in [0.25, 0.3) is 0 Å². The Hall–Kier alpha value is -3.22. The fourth-order valence-electron chi connectivity index (χ4n) is 3.73. The van der Waals surface area contributed by atoms with Crippen LogP contribution in [0.5, 0.6) is 5.75 Å². The van der Waals surface area contributed by atoms with Crippen LogP contribution in [0.15, 0.2) is 48.5 Å². The monoisotopic (exact) mass is 424 g/mol. The van der Waals surface area contributed by atoms with Gasteiger partial charge in [-0.2, -0.15) is 0 Å². The SMILES string of the molecule is O=C1c2ccccc2C(=O)N1CCCCCCCCCCOc1ccc([N+](=O)[O-])cc1. The standard InChI is InChI=1S/C24H28N2O5/c27-23-21-11-7-8-12-22(21)24(28)25(23)17-9-5-3-1-2-4-6-10-18-31-20-15-13-19(14-16-20)26(29)30/h7-8,11-16H,1-6,9-10,17-18H2. The molecule has 0 atom stereocenters. The summed E-state index contributed by atoms with van der Waals surface area (Å²) in [6.07, 6.45) is 8.43. The Balaban J connectivity index is 1.18. The van der Waals surface area contributed by atoms with E-state index in [-0.39, 0.29) is 17.5 Å². The van der Waals surface area contributed by atoms with E-state index in [0.29, 0.717) is 30.0 Å². The lowest BCUT2D eigenvalue weighted by atomic mass is 10.1. The zero-order chi connectivity index (χ0) is 22.1. The summed E-state index contributed by atoms with van der Waals surface area (Å²) in [5, 5.41) is 10.6. The Kier molecular flexibility index (Phi) is 8.15. The number of carbonyl (C=O) groups excluding carboxylic acids is 2. The largest absolute Gasteiger partial charge is 0.494 e. The molecule has 2 aromatic carbocycles. The molecular formula is C24H28N2O5. The number of hydrogen-bond acceptors (Lipinski definition) is 5. The molecule has 0 saturated carbocycles. The van der Waals surface area contributed by atoms with Crippen LogP contribution in [0.4, 0.5) is 5.69 Å². The van der Waals surface area contributed by atoms with Gasteiger partial charge in [-0.3, -0.25) is 24.6 Å². The van der Waals surface area contributed by atoms with Gasteiger partial charge in [-0.1, -0.05) is 50.7 Å². The van der Waals surface area contributed by atoms with Crippen molar-refractivity contribution in [3.63, 3.8) is 0 Å². The second kappa shape index (κ2) is 11.2. The number of nitro groups is 1. The number of ether oxygens (including phenoxy) is 1. The van der Waals surface area contributed by atoms with Gasteiger partial charge in [0.05, 0.1) is 22.7 Å². The predicted octanol–water partition coefficient (Wildman–Crippen LogP) is 5.39. The molecule has 7 nitrogen and oxygen atoms in total. The minimum Gasteiger partial charge on any atom is -0.494 e. The van der Waals surface area contributed by atoms with Gasteiger partial charge >= 0.3 is 0 Å². The number of amides is 2. The number of imide groups is 1. The second-order valence-corrected chi connectivity index (χ2v) is 7.74. The zero-order valence-corrected chi connectivity index (χ0v) is 17.6. The van der Waals surface area contributed by atoms with Crippen LogP contribution in [-0.2, 0) is 0 Å². The molecule has 0 aliphatic carbocycles. The smallest absolute Gasteiger partial charge is 0.269 e. The van der Waals surface area contributed by atoms with Gasteiger partial charge in [-0.05, 0) is 37.1 Å². The van der Waals surface area contributed by atoms with E-state index in [1.165, 1.54) is 17.0 Å². The first-order valence-corrected chi connectivity index (χ1v) is 10.9. The van der Waals surface area contributed by atoms with Crippen LogP contribution < -0.4 is 4.74 Å². The van der Waals surface area contributed by atoms with Gasteiger partial charge in [0.15, 0.2) is 0 Å². The van der Waals surface area contributed by atoms with E-state index in [1.807, 2.05) is 0 Å². The highest BCUT2D eigenvalue weighted by Crippen LogP contribution is 2.23. The Bertz CT molecular complexity index is 875. The first-order chi connectivity index (χ1) is 15.1. The van der Waals surface area contributed by atoms with Gasteiger partial charge in [0, 0.05) is 18.7 Å². The molecule has 3 rings (SSSR count). The molecule has 0 aromatic heterocycles. The number of rotatable bonds is 13. The molecule has 0 N–H and O–H groups in total. The third-order valence-electron chi connectivity index (χ3n) is 5.47.